The van der Waals surface area contributed by atoms with Crippen LogP contribution >= 0.6 is 15.9 Å². The van der Waals surface area contributed by atoms with E-state index >= 15 is 0 Å². The molecule has 1 rings (SSSR count). The van der Waals surface area contributed by atoms with Gasteiger partial charge in [-0.05, 0) is 12.1 Å². The Morgan fingerprint density at radius 2 is 2.21 bits per heavy atom. The molecule has 0 radical (unpaired) electrons. The van der Waals surface area contributed by atoms with E-state index in [4.69, 9.17) is 5.73 Å². The van der Waals surface area contributed by atoms with Crippen molar-refractivity contribution < 1.29 is 14.0 Å². The molecule has 0 aromatic heterocycles. The van der Waals surface area contributed by atoms with Crippen LogP contribution in [-0.2, 0) is 4.79 Å². The van der Waals surface area contributed by atoms with Crippen LogP contribution in [0.25, 0.3) is 0 Å². The van der Waals surface area contributed by atoms with Gasteiger partial charge < -0.3 is 11.1 Å². The van der Waals surface area contributed by atoms with E-state index in [1.165, 1.54) is 12.1 Å². The van der Waals surface area contributed by atoms with Crippen LogP contribution in [0.4, 0.5) is 10.1 Å². The molecule has 4 nitrogen and oxygen atoms in total. The Bertz CT molecular complexity index is 395. The second-order valence-electron chi connectivity index (χ2n) is 2.44. The smallest absolute Gasteiger partial charge is 0.251 e. The molecule has 2 amide bonds. The van der Waals surface area contributed by atoms with Gasteiger partial charge in [-0.3, -0.25) is 9.59 Å². The van der Waals surface area contributed by atoms with E-state index < -0.39 is 11.7 Å². The lowest BCUT2D eigenvalue weighted by molar-refractivity contribution is -0.105. The molecule has 0 spiro atoms. The van der Waals surface area contributed by atoms with E-state index in [1.54, 1.807) is 0 Å². The number of hydrogen-bond acceptors (Lipinski definition) is 2. The predicted molar refractivity (Wildman–Crippen MR) is 52.3 cm³/mol. The first kappa shape index (κ1) is 10.6. The minimum absolute atomic E-state index is 0.0943. The first-order valence-electron chi connectivity index (χ1n) is 3.55. The summed E-state index contributed by atoms with van der Waals surface area (Å²) in [5.41, 5.74) is 4.56. The average molecular weight is 261 g/mol. The minimum Gasteiger partial charge on any atom is -0.366 e. The number of nitrogens with one attached hydrogen (secondary N) is 1. The largest absolute Gasteiger partial charge is 0.366 e. The van der Waals surface area contributed by atoms with Gasteiger partial charge in [-0.2, -0.15) is 0 Å². The van der Waals surface area contributed by atoms with Crippen molar-refractivity contribution in [1.29, 1.82) is 0 Å². The topological polar surface area (TPSA) is 72.2 Å². The number of primary amides is 1. The molecular formula is C8H6BrFN2O2. The number of anilines is 1. The van der Waals surface area contributed by atoms with Gasteiger partial charge in [0.15, 0.2) is 5.82 Å². The maximum atomic E-state index is 13.3. The lowest BCUT2D eigenvalue weighted by Gasteiger charge is -2.05. The average Bonchev–Trinajstić information content (AvgIpc) is 2.10. The molecule has 14 heavy (non-hydrogen) atoms. The second kappa shape index (κ2) is 4.19. The van der Waals surface area contributed by atoms with Crippen molar-refractivity contribution in [2.75, 3.05) is 5.32 Å². The summed E-state index contributed by atoms with van der Waals surface area (Å²) < 4.78 is 13.8. The number of halogens is 2. The molecule has 0 heterocycles. The number of rotatable bonds is 3. The Kier molecular flexibility index (Phi) is 3.19. The van der Waals surface area contributed by atoms with Crippen LogP contribution in [0.1, 0.15) is 10.4 Å². The monoisotopic (exact) mass is 260 g/mol. The number of carbonyl (C=O) groups excluding carboxylic acids is 2. The molecule has 0 aliphatic carbocycles. The second-order valence-corrected chi connectivity index (χ2v) is 3.36. The van der Waals surface area contributed by atoms with Crippen LogP contribution < -0.4 is 11.1 Å². The van der Waals surface area contributed by atoms with E-state index in [0.29, 0.717) is 10.9 Å². The Morgan fingerprint density at radius 1 is 1.57 bits per heavy atom. The van der Waals surface area contributed by atoms with E-state index in [9.17, 15) is 14.0 Å². The highest BCUT2D eigenvalue weighted by molar-refractivity contribution is 9.10. The van der Waals surface area contributed by atoms with Crippen LogP contribution in [0.3, 0.4) is 0 Å². The van der Waals surface area contributed by atoms with Crippen molar-refractivity contribution in [2.24, 2.45) is 5.73 Å². The molecule has 6 heteroatoms. The summed E-state index contributed by atoms with van der Waals surface area (Å²) >= 11 is 3.06. The Hall–Kier alpha value is -1.43. The number of hydrogen-bond donors (Lipinski definition) is 2. The van der Waals surface area contributed by atoms with E-state index in [0.717, 1.165) is 0 Å². The van der Waals surface area contributed by atoms with Crippen molar-refractivity contribution >= 4 is 33.9 Å². The summed E-state index contributed by atoms with van der Waals surface area (Å²) in [6, 6.07) is 2.57. The summed E-state index contributed by atoms with van der Waals surface area (Å²) in [5.74, 6) is -1.73. The minimum atomic E-state index is -0.891. The first-order valence-corrected chi connectivity index (χ1v) is 4.34. The molecule has 1 aromatic carbocycles. The zero-order valence-corrected chi connectivity index (χ0v) is 8.47. The highest BCUT2D eigenvalue weighted by atomic mass is 79.9. The third-order valence-electron chi connectivity index (χ3n) is 1.52. The molecule has 0 aliphatic heterocycles. The summed E-state index contributed by atoms with van der Waals surface area (Å²) in [7, 11) is 0. The van der Waals surface area contributed by atoms with E-state index in [2.05, 4.69) is 21.2 Å². The molecule has 0 fully saturated rings. The normalized spacial score (nSPS) is 9.57. The standard InChI is InChI=1S/C8H6BrFN2O2/c9-4-1-5(8(11)14)7(10)6(2-4)12-3-13/h1-3H,(H2,11,14)(H,12,13). The molecule has 0 unspecified atom stereocenters. The van der Waals surface area contributed by atoms with Crippen molar-refractivity contribution in [3.05, 3.63) is 28.0 Å². The van der Waals surface area contributed by atoms with Crippen LogP contribution in [0.5, 0.6) is 0 Å². The summed E-state index contributed by atoms with van der Waals surface area (Å²) in [4.78, 5) is 20.9. The highest BCUT2D eigenvalue weighted by Crippen LogP contribution is 2.23. The van der Waals surface area contributed by atoms with Gasteiger partial charge in [0.05, 0.1) is 11.3 Å². The third kappa shape index (κ3) is 2.08. The fraction of sp³-hybridized carbons (Fsp3) is 0. The van der Waals surface area contributed by atoms with Gasteiger partial charge in [-0.1, -0.05) is 15.9 Å². The summed E-state index contributed by atoms with van der Waals surface area (Å²) in [5, 5.41) is 2.12. The van der Waals surface area contributed by atoms with Gasteiger partial charge in [-0.15, -0.1) is 0 Å². The molecule has 1 aromatic rings. The van der Waals surface area contributed by atoms with Crippen molar-refractivity contribution in [2.45, 2.75) is 0 Å². The van der Waals surface area contributed by atoms with Crippen LogP contribution in [-0.4, -0.2) is 12.3 Å². The lowest BCUT2D eigenvalue weighted by atomic mass is 10.2. The SMILES string of the molecule is NC(=O)c1cc(Br)cc(NC=O)c1F. The van der Waals surface area contributed by atoms with Crippen LogP contribution in [0.15, 0.2) is 16.6 Å². The third-order valence-corrected chi connectivity index (χ3v) is 1.98. The Morgan fingerprint density at radius 3 is 2.71 bits per heavy atom. The maximum absolute atomic E-state index is 13.3. The molecule has 0 saturated heterocycles. The van der Waals surface area contributed by atoms with Crippen LogP contribution in [0, 0.1) is 5.82 Å². The van der Waals surface area contributed by atoms with Gasteiger partial charge in [-0.25, -0.2) is 4.39 Å². The van der Waals surface area contributed by atoms with Gasteiger partial charge in [0, 0.05) is 4.47 Å². The van der Waals surface area contributed by atoms with Gasteiger partial charge in [0.1, 0.15) is 0 Å². The number of carbonyl (C=O) groups is 2. The Labute approximate surface area is 87.4 Å². The molecule has 3 N–H and O–H groups in total. The fourth-order valence-electron chi connectivity index (χ4n) is 0.937. The molecule has 0 bridgehead atoms. The summed E-state index contributed by atoms with van der Waals surface area (Å²) in [6.07, 6.45) is 0.315. The quantitative estimate of drug-likeness (QED) is 0.804. The van der Waals surface area contributed by atoms with Crippen molar-refractivity contribution in [3.8, 4) is 0 Å². The van der Waals surface area contributed by atoms with E-state index in [1.807, 2.05) is 0 Å². The molecule has 0 atom stereocenters. The van der Waals surface area contributed by atoms with Gasteiger partial charge in [0.25, 0.3) is 5.91 Å². The lowest BCUT2D eigenvalue weighted by Crippen LogP contribution is -2.14. The van der Waals surface area contributed by atoms with E-state index in [-0.39, 0.29) is 11.3 Å². The zero-order valence-electron chi connectivity index (χ0n) is 6.88. The number of benzene rings is 1. The molecule has 0 saturated carbocycles. The van der Waals surface area contributed by atoms with Crippen molar-refractivity contribution in [3.63, 3.8) is 0 Å². The summed E-state index contributed by atoms with van der Waals surface area (Å²) in [6.45, 7) is 0. The molecule has 74 valence electrons. The number of amides is 2. The zero-order chi connectivity index (χ0) is 10.7. The molecular weight excluding hydrogens is 255 g/mol. The fourth-order valence-corrected chi connectivity index (χ4v) is 1.39. The Balaban J connectivity index is 3.31. The maximum Gasteiger partial charge on any atom is 0.251 e. The highest BCUT2D eigenvalue weighted by Gasteiger charge is 2.13. The van der Waals surface area contributed by atoms with Gasteiger partial charge in [0.2, 0.25) is 6.41 Å². The first-order chi connectivity index (χ1) is 6.56. The van der Waals surface area contributed by atoms with Gasteiger partial charge >= 0.3 is 0 Å². The molecule has 0 aliphatic rings. The predicted octanol–water partition coefficient (Wildman–Crippen LogP) is 1.26. The van der Waals surface area contributed by atoms with Crippen molar-refractivity contribution in [1.82, 2.24) is 0 Å². The number of nitrogens with two attached hydrogens (primary N) is 1. The van der Waals surface area contributed by atoms with Crippen LogP contribution in [0.2, 0.25) is 0 Å².